The molecule has 2 aromatic carbocycles. The van der Waals surface area contributed by atoms with Crippen molar-refractivity contribution in [3.05, 3.63) is 70.9 Å². The van der Waals surface area contributed by atoms with Crippen molar-refractivity contribution in [2.24, 2.45) is 0 Å². The first-order valence-electron chi connectivity index (χ1n) is 7.95. The van der Waals surface area contributed by atoms with Crippen LogP contribution in [0, 0.1) is 5.82 Å². The monoisotopic (exact) mass is 391 g/mol. The number of thiophene rings is 1. The molecule has 0 aliphatic heterocycles. The first kappa shape index (κ1) is 18.7. The second kappa shape index (κ2) is 7.67. The average Bonchev–Trinajstić information content (AvgIpc) is 3.07. The number of nitrogens with one attached hydrogen (secondary N) is 1. The zero-order valence-corrected chi connectivity index (χ0v) is 15.7. The largest absolute Gasteiger partial charge is 0.392 e. The number of benzene rings is 2. The summed E-state index contributed by atoms with van der Waals surface area (Å²) in [6, 6.07) is 14.4. The normalized spacial score (nSPS) is 11.7. The molecule has 0 bridgehead atoms. The number of rotatable bonds is 6. The summed E-state index contributed by atoms with van der Waals surface area (Å²) in [7, 11) is -2.03. The highest BCUT2D eigenvalue weighted by Gasteiger charge is 2.27. The zero-order chi connectivity index (χ0) is 18.7. The molecule has 0 fully saturated rings. The molecule has 3 aromatic rings. The lowest BCUT2D eigenvalue weighted by Crippen LogP contribution is -2.02. The van der Waals surface area contributed by atoms with Gasteiger partial charge in [0.25, 0.3) is 0 Å². The molecule has 1 aromatic heterocycles. The van der Waals surface area contributed by atoms with Crippen LogP contribution in [0.5, 0.6) is 0 Å². The van der Waals surface area contributed by atoms with Gasteiger partial charge in [0.05, 0.1) is 11.5 Å². The fraction of sp³-hybridized carbons (Fsp3) is 0.158. The van der Waals surface area contributed by atoms with E-state index in [-0.39, 0.29) is 20.2 Å². The first-order valence-corrected chi connectivity index (χ1v) is 10.2. The summed E-state index contributed by atoms with van der Waals surface area (Å²) in [6.07, 6.45) is 0. The fourth-order valence-corrected chi connectivity index (χ4v) is 5.84. The Morgan fingerprint density at radius 2 is 1.81 bits per heavy atom. The summed E-state index contributed by atoms with van der Waals surface area (Å²) in [5, 5.41) is 12.3. The molecule has 3 rings (SSSR count). The maximum absolute atomic E-state index is 14.8. The Bertz CT molecular complexity index is 1010. The molecule has 0 saturated carbocycles. The highest BCUT2D eigenvalue weighted by atomic mass is 32.2. The Balaban J connectivity index is 2.24. The van der Waals surface area contributed by atoms with Gasteiger partial charge in [-0.15, -0.1) is 11.3 Å². The minimum Gasteiger partial charge on any atom is -0.392 e. The van der Waals surface area contributed by atoms with E-state index in [1.54, 1.807) is 37.4 Å². The molecule has 0 unspecified atom stereocenters. The van der Waals surface area contributed by atoms with Crippen molar-refractivity contribution in [3.63, 3.8) is 0 Å². The summed E-state index contributed by atoms with van der Waals surface area (Å²) in [5.74, 6) is -0.603. The van der Waals surface area contributed by atoms with Gasteiger partial charge in [0, 0.05) is 28.1 Å². The van der Waals surface area contributed by atoms with Crippen LogP contribution in [0.2, 0.25) is 0 Å². The third kappa shape index (κ3) is 3.43. The average molecular weight is 391 g/mol. The Morgan fingerprint density at radius 3 is 2.46 bits per heavy atom. The van der Waals surface area contributed by atoms with Crippen LogP contribution in [0.25, 0.3) is 11.1 Å². The summed E-state index contributed by atoms with van der Waals surface area (Å²) in [5.41, 5.74) is 0.619. The fourth-order valence-electron chi connectivity index (χ4n) is 2.69. The van der Waals surface area contributed by atoms with E-state index < -0.39 is 22.3 Å². The van der Waals surface area contributed by atoms with Crippen LogP contribution in [-0.4, -0.2) is 20.6 Å². The molecule has 0 saturated heterocycles. The second-order valence-corrected chi connectivity index (χ2v) is 8.98. The molecule has 0 spiro atoms. The number of aliphatic hydroxyl groups excluding tert-OH is 1. The molecule has 0 atom stereocenters. The number of sulfone groups is 1. The van der Waals surface area contributed by atoms with E-state index in [0.717, 1.165) is 16.2 Å². The van der Waals surface area contributed by atoms with Crippen molar-refractivity contribution in [3.8, 4) is 11.1 Å². The maximum Gasteiger partial charge on any atom is 0.216 e. The van der Waals surface area contributed by atoms with Crippen LogP contribution >= 0.6 is 11.3 Å². The van der Waals surface area contributed by atoms with Gasteiger partial charge in [0.1, 0.15) is 10.0 Å². The summed E-state index contributed by atoms with van der Waals surface area (Å²) < 4.78 is 41.1. The molecular weight excluding hydrogens is 373 g/mol. The molecule has 4 nitrogen and oxygen atoms in total. The van der Waals surface area contributed by atoms with E-state index in [1.165, 1.54) is 24.3 Å². The van der Waals surface area contributed by atoms with E-state index in [1.807, 2.05) is 0 Å². The van der Waals surface area contributed by atoms with Gasteiger partial charge in [0.2, 0.25) is 9.84 Å². The zero-order valence-electron chi connectivity index (χ0n) is 14.1. The van der Waals surface area contributed by atoms with Crippen molar-refractivity contribution >= 4 is 21.2 Å². The molecule has 136 valence electrons. The second-order valence-electron chi connectivity index (χ2n) is 5.70. The van der Waals surface area contributed by atoms with Crippen LogP contribution in [0.4, 0.5) is 4.39 Å². The van der Waals surface area contributed by atoms with E-state index in [4.69, 9.17) is 0 Å². The van der Waals surface area contributed by atoms with Crippen LogP contribution < -0.4 is 5.32 Å². The summed E-state index contributed by atoms with van der Waals surface area (Å²) in [6.45, 7) is 0.0250. The van der Waals surface area contributed by atoms with Gasteiger partial charge in [-0.2, -0.15) is 0 Å². The number of hydrogen-bond acceptors (Lipinski definition) is 5. The van der Waals surface area contributed by atoms with Crippen LogP contribution in [0.3, 0.4) is 0 Å². The minimum atomic E-state index is -3.79. The first-order chi connectivity index (χ1) is 12.5. The smallest absolute Gasteiger partial charge is 0.216 e. The van der Waals surface area contributed by atoms with E-state index in [0.29, 0.717) is 12.1 Å². The Kier molecular flexibility index (Phi) is 5.52. The van der Waals surface area contributed by atoms with Crippen LogP contribution in [0.15, 0.2) is 63.7 Å². The van der Waals surface area contributed by atoms with E-state index >= 15 is 0 Å². The molecule has 7 heteroatoms. The lowest BCUT2D eigenvalue weighted by atomic mass is 10.0. The molecule has 0 amide bonds. The minimum absolute atomic E-state index is 0.0999. The molecular formula is C19H18FNO3S2. The lowest BCUT2D eigenvalue weighted by molar-refractivity contribution is 0.276. The van der Waals surface area contributed by atoms with Gasteiger partial charge in [-0.25, -0.2) is 12.8 Å². The summed E-state index contributed by atoms with van der Waals surface area (Å²) >= 11 is 1.12. The Hall–Kier alpha value is -2.06. The highest BCUT2D eigenvalue weighted by molar-refractivity contribution is 7.93. The topological polar surface area (TPSA) is 66.4 Å². The van der Waals surface area contributed by atoms with Gasteiger partial charge in [-0.3, -0.25) is 0 Å². The number of aliphatic hydroxyl groups is 1. The predicted octanol–water partition coefficient (Wildman–Crippen LogP) is 3.60. The molecule has 0 aliphatic carbocycles. The van der Waals surface area contributed by atoms with Gasteiger partial charge in [-0.1, -0.05) is 36.4 Å². The van der Waals surface area contributed by atoms with Crippen molar-refractivity contribution in [1.29, 1.82) is 0 Å². The maximum atomic E-state index is 14.8. The standard InChI is InChI=1S/C19H18FNO3S2/c1-21-11-14-10-17(16-9-5-6-13(12-22)18(16)20)19(25-14)26(23,24)15-7-3-2-4-8-15/h2-10,21-22H,11-12H2,1H3. The van der Waals surface area contributed by atoms with Crippen LogP contribution in [0.1, 0.15) is 10.4 Å². The number of halogens is 1. The number of hydrogen-bond donors (Lipinski definition) is 2. The van der Waals surface area contributed by atoms with Crippen molar-refractivity contribution in [1.82, 2.24) is 5.32 Å². The predicted molar refractivity (Wildman–Crippen MR) is 100 cm³/mol. The van der Waals surface area contributed by atoms with Crippen molar-refractivity contribution in [2.45, 2.75) is 22.3 Å². The highest BCUT2D eigenvalue weighted by Crippen LogP contribution is 2.39. The van der Waals surface area contributed by atoms with Gasteiger partial charge < -0.3 is 10.4 Å². The quantitative estimate of drug-likeness (QED) is 0.674. The van der Waals surface area contributed by atoms with Crippen LogP contribution in [-0.2, 0) is 23.0 Å². The lowest BCUT2D eigenvalue weighted by Gasteiger charge is -2.09. The third-order valence-corrected chi connectivity index (χ3v) is 7.38. The van der Waals surface area contributed by atoms with Gasteiger partial charge >= 0.3 is 0 Å². The van der Waals surface area contributed by atoms with E-state index in [2.05, 4.69) is 5.32 Å². The third-order valence-electron chi connectivity index (χ3n) is 3.94. The van der Waals surface area contributed by atoms with Crippen molar-refractivity contribution in [2.75, 3.05) is 7.05 Å². The molecule has 2 N–H and O–H groups in total. The molecule has 1 heterocycles. The van der Waals surface area contributed by atoms with Gasteiger partial charge in [0.15, 0.2) is 0 Å². The molecule has 0 radical (unpaired) electrons. The van der Waals surface area contributed by atoms with Crippen molar-refractivity contribution < 1.29 is 17.9 Å². The molecule has 26 heavy (non-hydrogen) atoms. The SMILES string of the molecule is CNCc1cc(-c2cccc(CO)c2F)c(S(=O)(=O)c2ccccc2)s1. The summed E-state index contributed by atoms with van der Waals surface area (Å²) in [4.78, 5) is 0.948. The van der Waals surface area contributed by atoms with E-state index in [9.17, 15) is 17.9 Å². The van der Waals surface area contributed by atoms with Gasteiger partial charge in [-0.05, 0) is 25.2 Å². The molecule has 0 aliphatic rings. The Morgan fingerprint density at radius 1 is 1.08 bits per heavy atom. The Labute approximate surface area is 155 Å².